The second-order valence-corrected chi connectivity index (χ2v) is 6.12. The number of benzene rings is 1. The van der Waals surface area contributed by atoms with Gasteiger partial charge in [0.1, 0.15) is 5.82 Å². The highest BCUT2D eigenvalue weighted by Crippen LogP contribution is 2.22. The first-order chi connectivity index (χ1) is 11.0. The van der Waals surface area contributed by atoms with Crippen LogP contribution in [0.5, 0.6) is 0 Å². The van der Waals surface area contributed by atoms with Crippen LogP contribution in [0.4, 0.5) is 4.39 Å². The molecule has 0 spiro atoms. The molecule has 1 fully saturated rings. The molecule has 1 saturated heterocycles. The Morgan fingerprint density at radius 1 is 1.33 bits per heavy atom. The van der Waals surface area contributed by atoms with Gasteiger partial charge in [-0.25, -0.2) is 4.39 Å². The van der Waals surface area contributed by atoms with E-state index in [4.69, 9.17) is 5.73 Å². The summed E-state index contributed by atoms with van der Waals surface area (Å²) in [6, 6.07) is 5.41. The Balaban J connectivity index is 0.00000288. The Morgan fingerprint density at radius 2 is 2.00 bits per heavy atom. The molecule has 2 unspecified atom stereocenters. The number of nitrogens with zero attached hydrogens (tertiary/aromatic N) is 1. The van der Waals surface area contributed by atoms with E-state index < -0.39 is 0 Å². The summed E-state index contributed by atoms with van der Waals surface area (Å²) < 4.78 is 12.8. The minimum atomic E-state index is -0.385. The molecule has 5 nitrogen and oxygen atoms in total. The first-order valence-corrected chi connectivity index (χ1v) is 8.04. The van der Waals surface area contributed by atoms with Gasteiger partial charge in [-0.2, -0.15) is 0 Å². The summed E-state index contributed by atoms with van der Waals surface area (Å²) in [5.41, 5.74) is 6.14. The molecule has 0 aromatic heterocycles. The molecule has 2 amide bonds. The maximum absolute atomic E-state index is 12.8. The van der Waals surface area contributed by atoms with Gasteiger partial charge in [-0.1, -0.05) is 6.92 Å². The van der Waals surface area contributed by atoms with E-state index >= 15 is 0 Å². The molecule has 0 aliphatic carbocycles. The maximum atomic E-state index is 12.8. The minimum Gasteiger partial charge on any atom is -0.352 e. The Kier molecular flexibility index (Phi) is 8.15. The van der Waals surface area contributed by atoms with Crippen LogP contribution in [0, 0.1) is 11.7 Å². The SMILES string of the molecule is CC1CCN(C(=O)CCNC(=O)c2ccc(F)cc2)C(CN)C1.Cl. The fraction of sp³-hybridized carbons (Fsp3) is 0.529. The first kappa shape index (κ1) is 20.4. The van der Waals surface area contributed by atoms with Crippen LogP contribution in [0.2, 0.25) is 0 Å². The Bertz CT molecular complexity index is 553. The van der Waals surface area contributed by atoms with Crippen molar-refractivity contribution in [2.75, 3.05) is 19.6 Å². The molecule has 1 aromatic carbocycles. The quantitative estimate of drug-likeness (QED) is 0.845. The standard InChI is InChI=1S/C17H24FN3O2.ClH/c1-12-7-9-21(15(10-12)11-19)16(22)6-8-20-17(23)13-2-4-14(18)5-3-13;/h2-5,12,15H,6-11,19H2,1H3,(H,20,23);1H. The summed E-state index contributed by atoms with van der Waals surface area (Å²) in [6.45, 7) is 3.64. The van der Waals surface area contributed by atoms with Gasteiger partial charge in [0.2, 0.25) is 5.91 Å². The molecule has 7 heteroatoms. The number of piperidine rings is 1. The Hall–Kier alpha value is -1.66. The number of halogens is 2. The van der Waals surface area contributed by atoms with E-state index in [-0.39, 0.29) is 49.0 Å². The zero-order chi connectivity index (χ0) is 16.8. The van der Waals surface area contributed by atoms with Crippen LogP contribution in [0.15, 0.2) is 24.3 Å². The van der Waals surface area contributed by atoms with Crippen LogP contribution in [-0.4, -0.2) is 42.4 Å². The third-order valence-electron chi connectivity index (χ3n) is 4.30. The minimum absolute atomic E-state index is 0. The summed E-state index contributed by atoms with van der Waals surface area (Å²) >= 11 is 0. The first-order valence-electron chi connectivity index (χ1n) is 8.04. The van der Waals surface area contributed by atoms with Crippen molar-refractivity contribution in [3.05, 3.63) is 35.6 Å². The molecule has 134 valence electrons. The van der Waals surface area contributed by atoms with Crippen LogP contribution >= 0.6 is 12.4 Å². The number of carbonyl (C=O) groups is 2. The molecular formula is C17H25ClFN3O2. The molecule has 24 heavy (non-hydrogen) atoms. The highest BCUT2D eigenvalue weighted by molar-refractivity contribution is 5.94. The van der Waals surface area contributed by atoms with Gasteiger partial charge in [-0.05, 0) is 43.0 Å². The topological polar surface area (TPSA) is 75.4 Å². The van der Waals surface area contributed by atoms with Gasteiger partial charge in [0.05, 0.1) is 0 Å². The van der Waals surface area contributed by atoms with E-state index in [1.807, 2.05) is 4.90 Å². The van der Waals surface area contributed by atoms with Crippen LogP contribution in [0.1, 0.15) is 36.5 Å². The third kappa shape index (κ3) is 5.46. The molecular weight excluding hydrogens is 333 g/mol. The number of rotatable bonds is 5. The monoisotopic (exact) mass is 357 g/mol. The number of hydrogen-bond acceptors (Lipinski definition) is 3. The summed E-state index contributed by atoms with van der Waals surface area (Å²) in [6.07, 6.45) is 2.17. The smallest absolute Gasteiger partial charge is 0.251 e. The number of nitrogens with one attached hydrogen (secondary N) is 1. The molecule has 1 aromatic rings. The average molecular weight is 358 g/mol. The fourth-order valence-corrected chi connectivity index (χ4v) is 2.93. The van der Waals surface area contributed by atoms with E-state index in [1.54, 1.807) is 0 Å². The highest BCUT2D eigenvalue weighted by Gasteiger charge is 2.28. The second-order valence-electron chi connectivity index (χ2n) is 6.12. The zero-order valence-electron chi connectivity index (χ0n) is 13.8. The van der Waals surface area contributed by atoms with Crippen LogP contribution in [0.3, 0.4) is 0 Å². The lowest BCUT2D eigenvalue weighted by atomic mass is 9.92. The van der Waals surface area contributed by atoms with Crippen molar-refractivity contribution in [2.24, 2.45) is 11.7 Å². The lowest BCUT2D eigenvalue weighted by Crippen LogP contribution is -2.49. The summed E-state index contributed by atoms with van der Waals surface area (Å²) in [5, 5.41) is 2.69. The number of likely N-dealkylation sites (tertiary alicyclic amines) is 1. The molecule has 3 N–H and O–H groups in total. The van der Waals surface area contributed by atoms with Crippen molar-refractivity contribution < 1.29 is 14.0 Å². The van der Waals surface area contributed by atoms with E-state index in [0.29, 0.717) is 18.0 Å². The predicted octanol–water partition coefficient (Wildman–Crippen LogP) is 1.95. The molecule has 0 bridgehead atoms. The van der Waals surface area contributed by atoms with Gasteiger partial charge in [0, 0.05) is 37.7 Å². The normalized spacial score (nSPS) is 20.2. The Morgan fingerprint density at radius 3 is 2.62 bits per heavy atom. The predicted molar refractivity (Wildman–Crippen MR) is 93.6 cm³/mol. The fourth-order valence-electron chi connectivity index (χ4n) is 2.93. The number of nitrogens with two attached hydrogens (primary N) is 1. The second kappa shape index (κ2) is 9.59. The van der Waals surface area contributed by atoms with Gasteiger partial charge in [0.15, 0.2) is 0 Å². The van der Waals surface area contributed by atoms with Crippen molar-refractivity contribution in [3.63, 3.8) is 0 Å². The number of carbonyl (C=O) groups excluding carboxylic acids is 2. The van der Waals surface area contributed by atoms with E-state index in [1.165, 1.54) is 24.3 Å². The van der Waals surface area contributed by atoms with Crippen molar-refractivity contribution >= 4 is 24.2 Å². The summed E-state index contributed by atoms with van der Waals surface area (Å²) in [7, 11) is 0. The molecule has 1 aliphatic rings. The van der Waals surface area contributed by atoms with E-state index in [9.17, 15) is 14.0 Å². The zero-order valence-corrected chi connectivity index (χ0v) is 14.7. The molecule has 1 aliphatic heterocycles. The highest BCUT2D eigenvalue weighted by atomic mass is 35.5. The van der Waals surface area contributed by atoms with Gasteiger partial charge in [0.25, 0.3) is 5.91 Å². The molecule has 0 saturated carbocycles. The van der Waals surface area contributed by atoms with Crippen LogP contribution in [0.25, 0.3) is 0 Å². The number of amides is 2. The van der Waals surface area contributed by atoms with Gasteiger partial charge in [-0.3, -0.25) is 9.59 Å². The molecule has 0 radical (unpaired) electrons. The Labute approximate surface area is 148 Å². The lowest BCUT2D eigenvalue weighted by molar-refractivity contribution is -0.135. The third-order valence-corrected chi connectivity index (χ3v) is 4.30. The molecule has 2 rings (SSSR count). The molecule has 2 atom stereocenters. The summed E-state index contributed by atoms with van der Waals surface area (Å²) in [4.78, 5) is 26.0. The largest absolute Gasteiger partial charge is 0.352 e. The van der Waals surface area contributed by atoms with Gasteiger partial charge in [-0.15, -0.1) is 12.4 Å². The summed E-state index contributed by atoms with van der Waals surface area (Å²) in [5.74, 6) is -0.0816. The van der Waals surface area contributed by atoms with Gasteiger partial charge < -0.3 is 16.0 Å². The van der Waals surface area contributed by atoms with Gasteiger partial charge >= 0.3 is 0 Å². The van der Waals surface area contributed by atoms with E-state index in [2.05, 4.69) is 12.2 Å². The van der Waals surface area contributed by atoms with Crippen molar-refractivity contribution in [3.8, 4) is 0 Å². The average Bonchev–Trinajstić information content (AvgIpc) is 2.55. The van der Waals surface area contributed by atoms with E-state index in [0.717, 1.165) is 19.4 Å². The number of hydrogen-bond donors (Lipinski definition) is 2. The van der Waals surface area contributed by atoms with Crippen LogP contribution in [-0.2, 0) is 4.79 Å². The lowest BCUT2D eigenvalue weighted by Gasteiger charge is -2.38. The van der Waals surface area contributed by atoms with Crippen molar-refractivity contribution in [1.82, 2.24) is 10.2 Å². The maximum Gasteiger partial charge on any atom is 0.251 e. The van der Waals surface area contributed by atoms with Crippen LogP contribution < -0.4 is 11.1 Å². The van der Waals surface area contributed by atoms with Crippen molar-refractivity contribution in [2.45, 2.75) is 32.2 Å². The molecule has 1 heterocycles. The van der Waals surface area contributed by atoms with Crippen molar-refractivity contribution in [1.29, 1.82) is 0 Å².